The highest BCUT2D eigenvalue weighted by Crippen LogP contribution is 2.25. The van der Waals surface area contributed by atoms with Crippen molar-refractivity contribution in [3.05, 3.63) is 71.9 Å². The minimum Gasteiger partial charge on any atom is -0.481 e. The molecule has 3 rings (SSSR count). The van der Waals surface area contributed by atoms with Gasteiger partial charge in [-0.1, -0.05) is 42.5 Å². The summed E-state index contributed by atoms with van der Waals surface area (Å²) in [6.45, 7) is 1.87. The third kappa shape index (κ3) is 4.82. The van der Waals surface area contributed by atoms with Crippen molar-refractivity contribution in [2.45, 2.75) is 13.5 Å². The minimum atomic E-state index is -0.542. The van der Waals surface area contributed by atoms with Gasteiger partial charge in [0.15, 0.2) is 12.3 Å². The van der Waals surface area contributed by atoms with Gasteiger partial charge < -0.3 is 14.2 Å². The van der Waals surface area contributed by atoms with Crippen molar-refractivity contribution in [1.29, 1.82) is 0 Å². The van der Waals surface area contributed by atoms with Crippen LogP contribution in [-0.4, -0.2) is 30.1 Å². The highest BCUT2D eigenvalue weighted by molar-refractivity contribution is 5.94. The SMILES string of the molecule is CCOC(=O)c1cc(OCC(=O)OCc2ccccc2)c2ccccc2n1. The molecule has 0 saturated heterocycles. The van der Waals surface area contributed by atoms with Crippen molar-refractivity contribution >= 4 is 22.8 Å². The van der Waals surface area contributed by atoms with Gasteiger partial charge in [0.2, 0.25) is 0 Å². The summed E-state index contributed by atoms with van der Waals surface area (Å²) in [7, 11) is 0. The Kier molecular flexibility index (Phi) is 5.99. The number of ether oxygens (including phenoxy) is 3. The molecule has 0 spiro atoms. The number of carbonyl (C=O) groups is 2. The number of hydrogen-bond donors (Lipinski definition) is 0. The predicted octanol–water partition coefficient (Wildman–Crippen LogP) is 3.53. The van der Waals surface area contributed by atoms with Crippen LogP contribution >= 0.6 is 0 Å². The molecule has 6 nitrogen and oxygen atoms in total. The molecule has 0 unspecified atom stereocenters. The van der Waals surface area contributed by atoms with E-state index in [1.807, 2.05) is 48.5 Å². The summed E-state index contributed by atoms with van der Waals surface area (Å²) >= 11 is 0. The van der Waals surface area contributed by atoms with Crippen LogP contribution in [0, 0.1) is 0 Å². The Morgan fingerprint density at radius 3 is 2.48 bits per heavy atom. The van der Waals surface area contributed by atoms with Gasteiger partial charge >= 0.3 is 11.9 Å². The summed E-state index contributed by atoms with van der Waals surface area (Å²) < 4.78 is 15.8. The second-order valence-corrected chi connectivity index (χ2v) is 5.68. The molecule has 138 valence electrons. The van der Waals surface area contributed by atoms with Crippen LogP contribution in [0.25, 0.3) is 10.9 Å². The fourth-order valence-corrected chi connectivity index (χ4v) is 2.49. The van der Waals surface area contributed by atoms with E-state index in [4.69, 9.17) is 14.2 Å². The van der Waals surface area contributed by atoms with E-state index in [0.29, 0.717) is 16.7 Å². The van der Waals surface area contributed by atoms with E-state index in [-0.39, 0.29) is 25.5 Å². The van der Waals surface area contributed by atoms with E-state index < -0.39 is 11.9 Å². The monoisotopic (exact) mass is 365 g/mol. The van der Waals surface area contributed by atoms with Crippen LogP contribution in [0.15, 0.2) is 60.7 Å². The van der Waals surface area contributed by atoms with Crippen molar-refractivity contribution in [3.63, 3.8) is 0 Å². The fourth-order valence-electron chi connectivity index (χ4n) is 2.49. The molecule has 0 aliphatic heterocycles. The molecule has 0 N–H and O–H groups in total. The number of aromatic nitrogens is 1. The van der Waals surface area contributed by atoms with Gasteiger partial charge in [-0.05, 0) is 24.6 Å². The van der Waals surface area contributed by atoms with Crippen molar-refractivity contribution in [2.24, 2.45) is 0 Å². The molecule has 0 bridgehead atoms. The number of para-hydroxylation sites is 1. The molecule has 0 atom stereocenters. The lowest BCUT2D eigenvalue weighted by atomic mass is 10.2. The summed E-state index contributed by atoms with van der Waals surface area (Å²) in [6, 6.07) is 18.1. The zero-order valence-corrected chi connectivity index (χ0v) is 14.9. The average molecular weight is 365 g/mol. The third-order valence-electron chi connectivity index (χ3n) is 3.75. The third-order valence-corrected chi connectivity index (χ3v) is 3.75. The standard InChI is InChI=1S/C21H19NO5/c1-2-25-21(24)18-12-19(16-10-6-7-11-17(16)22-18)26-14-20(23)27-13-15-8-4-3-5-9-15/h3-12H,2,13-14H2,1H3. The molecule has 0 aliphatic carbocycles. The maximum absolute atomic E-state index is 12.0. The quantitative estimate of drug-likeness (QED) is 0.596. The summed E-state index contributed by atoms with van der Waals surface area (Å²) in [4.78, 5) is 28.3. The van der Waals surface area contributed by atoms with Crippen LogP contribution in [0.2, 0.25) is 0 Å². The van der Waals surface area contributed by atoms with Crippen LogP contribution < -0.4 is 4.74 Å². The van der Waals surface area contributed by atoms with Crippen LogP contribution in [0.5, 0.6) is 5.75 Å². The zero-order chi connectivity index (χ0) is 19.1. The number of nitrogens with zero attached hydrogens (tertiary/aromatic N) is 1. The maximum Gasteiger partial charge on any atom is 0.357 e. The normalized spacial score (nSPS) is 10.4. The highest BCUT2D eigenvalue weighted by Gasteiger charge is 2.15. The Balaban J connectivity index is 1.71. The number of fused-ring (bicyclic) bond motifs is 1. The summed E-state index contributed by atoms with van der Waals surface area (Å²) in [6.07, 6.45) is 0. The van der Waals surface area contributed by atoms with Crippen LogP contribution in [0.1, 0.15) is 23.0 Å². The number of hydrogen-bond acceptors (Lipinski definition) is 6. The van der Waals surface area contributed by atoms with Gasteiger partial charge in [0.1, 0.15) is 12.4 Å². The Hall–Kier alpha value is -3.41. The molecule has 1 aromatic heterocycles. The molecular weight excluding hydrogens is 346 g/mol. The second-order valence-electron chi connectivity index (χ2n) is 5.68. The van der Waals surface area contributed by atoms with Gasteiger partial charge in [-0.15, -0.1) is 0 Å². The summed E-state index contributed by atoms with van der Waals surface area (Å²) in [5, 5.41) is 0.696. The number of rotatable bonds is 7. The molecule has 0 amide bonds. The molecule has 2 aromatic carbocycles. The van der Waals surface area contributed by atoms with Gasteiger partial charge in [0.05, 0.1) is 12.1 Å². The number of pyridine rings is 1. The molecule has 0 saturated carbocycles. The van der Waals surface area contributed by atoms with E-state index in [0.717, 1.165) is 5.56 Å². The lowest BCUT2D eigenvalue weighted by molar-refractivity contribution is -0.147. The topological polar surface area (TPSA) is 74.7 Å². The zero-order valence-electron chi connectivity index (χ0n) is 14.9. The molecular formula is C21H19NO5. The Morgan fingerprint density at radius 1 is 0.963 bits per heavy atom. The van der Waals surface area contributed by atoms with E-state index in [1.165, 1.54) is 6.07 Å². The van der Waals surface area contributed by atoms with Crippen LogP contribution in [-0.2, 0) is 20.9 Å². The highest BCUT2D eigenvalue weighted by atomic mass is 16.6. The Labute approximate surface area is 156 Å². The molecule has 0 fully saturated rings. The van der Waals surface area contributed by atoms with Crippen LogP contribution in [0.3, 0.4) is 0 Å². The number of esters is 2. The lowest BCUT2D eigenvalue weighted by Gasteiger charge is -2.11. The first-order valence-electron chi connectivity index (χ1n) is 8.56. The van der Waals surface area contributed by atoms with Gasteiger partial charge in [0.25, 0.3) is 0 Å². The first-order chi connectivity index (χ1) is 13.2. The first-order valence-corrected chi connectivity index (χ1v) is 8.56. The van der Waals surface area contributed by atoms with Crippen molar-refractivity contribution < 1.29 is 23.8 Å². The lowest BCUT2D eigenvalue weighted by Crippen LogP contribution is -2.15. The molecule has 6 heteroatoms. The van der Waals surface area contributed by atoms with E-state index in [9.17, 15) is 9.59 Å². The van der Waals surface area contributed by atoms with Gasteiger partial charge in [-0.25, -0.2) is 14.6 Å². The van der Waals surface area contributed by atoms with Gasteiger partial charge in [-0.2, -0.15) is 0 Å². The predicted molar refractivity (Wildman–Crippen MR) is 99.4 cm³/mol. The largest absolute Gasteiger partial charge is 0.481 e. The van der Waals surface area contributed by atoms with Crippen LogP contribution in [0.4, 0.5) is 0 Å². The molecule has 0 radical (unpaired) electrons. The minimum absolute atomic E-state index is 0.128. The van der Waals surface area contributed by atoms with Crippen molar-refractivity contribution in [1.82, 2.24) is 4.98 Å². The number of benzene rings is 2. The Bertz CT molecular complexity index is 940. The molecule has 0 aliphatic rings. The molecule has 27 heavy (non-hydrogen) atoms. The fraction of sp³-hybridized carbons (Fsp3) is 0.190. The van der Waals surface area contributed by atoms with Gasteiger partial charge in [-0.3, -0.25) is 0 Å². The number of carbonyl (C=O) groups excluding carboxylic acids is 2. The van der Waals surface area contributed by atoms with E-state index >= 15 is 0 Å². The maximum atomic E-state index is 12.0. The van der Waals surface area contributed by atoms with Gasteiger partial charge in [0, 0.05) is 11.5 Å². The average Bonchev–Trinajstić information content (AvgIpc) is 2.71. The smallest absolute Gasteiger partial charge is 0.357 e. The van der Waals surface area contributed by atoms with E-state index in [2.05, 4.69) is 4.98 Å². The van der Waals surface area contributed by atoms with E-state index in [1.54, 1.807) is 13.0 Å². The molecule has 1 heterocycles. The van der Waals surface area contributed by atoms with Crippen molar-refractivity contribution in [3.8, 4) is 5.75 Å². The summed E-state index contributed by atoms with van der Waals surface area (Å²) in [5.41, 5.74) is 1.60. The molecule has 3 aromatic rings. The first kappa shape index (κ1) is 18.4. The summed E-state index contributed by atoms with van der Waals surface area (Å²) in [5.74, 6) is -0.669. The Morgan fingerprint density at radius 2 is 1.70 bits per heavy atom. The second kappa shape index (κ2) is 8.80. The van der Waals surface area contributed by atoms with Crippen molar-refractivity contribution in [2.75, 3.05) is 13.2 Å².